The summed E-state index contributed by atoms with van der Waals surface area (Å²) in [4.78, 5) is 0. The third kappa shape index (κ3) is 18.9. The maximum Gasteiger partial charge on any atom is 0.267 e. The first kappa shape index (κ1) is 40.7. The quantitative estimate of drug-likeness (QED) is 0.0899. The summed E-state index contributed by atoms with van der Waals surface area (Å²) in [6.07, 6.45) is 3.68. The molecule has 0 bridgehead atoms. The Morgan fingerprint density at radius 3 is 1.80 bits per heavy atom. The minimum Gasteiger partial charge on any atom is -0.392 e. The zero-order valence-corrected chi connectivity index (χ0v) is 29.6. The van der Waals surface area contributed by atoms with Crippen LogP contribution in [-0.4, -0.2) is 66.2 Å². The summed E-state index contributed by atoms with van der Waals surface area (Å²) >= 11 is 0. The van der Waals surface area contributed by atoms with Crippen molar-refractivity contribution in [2.24, 2.45) is 34.8 Å². The lowest BCUT2D eigenvalue weighted by Crippen LogP contribution is -2.47. The molecule has 6 atom stereocenters. The molecule has 0 aromatic rings. The molecule has 0 fully saturated rings. The minimum absolute atomic E-state index is 0.0262. The zero-order chi connectivity index (χ0) is 32.4. The Morgan fingerprint density at radius 2 is 1.29 bits per heavy atom. The highest BCUT2D eigenvalue weighted by molar-refractivity contribution is 7.85. The summed E-state index contributed by atoms with van der Waals surface area (Å²) in [5, 5.41) is 9.94. The summed E-state index contributed by atoms with van der Waals surface area (Å²) in [6.45, 7) is 29.0. The first-order valence-corrected chi connectivity index (χ1v) is 17.2. The molecule has 0 aliphatic rings. The van der Waals surface area contributed by atoms with Crippen molar-refractivity contribution < 1.29 is 32.3 Å². The van der Waals surface area contributed by atoms with Gasteiger partial charge in [0.1, 0.15) is 11.5 Å². The van der Waals surface area contributed by atoms with Gasteiger partial charge in [0.15, 0.2) is 0 Å². The van der Waals surface area contributed by atoms with Gasteiger partial charge in [-0.15, -0.1) is 0 Å². The molecule has 0 saturated heterocycles. The summed E-state index contributed by atoms with van der Waals surface area (Å²) in [5.41, 5.74) is 3.84. The molecule has 0 spiro atoms. The van der Waals surface area contributed by atoms with Gasteiger partial charge in [-0.05, 0) is 96.3 Å². The average molecular weight is 610 g/mol. The smallest absolute Gasteiger partial charge is 0.267 e. The van der Waals surface area contributed by atoms with Crippen molar-refractivity contribution in [3.8, 4) is 0 Å². The molecule has 0 aromatic heterocycles. The zero-order valence-electron chi connectivity index (χ0n) is 28.7. The van der Waals surface area contributed by atoms with Crippen LogP contribution in [0, 0.1) is 29.1 Å². The normalized spacial score (nSPS) is 19.0. The van der Waals surface area contributed by atoms with Crippen molar-refractivity contribution in [2.45, 2.75) is 158 Å². The Morgan fingerprint density at radius 1 is 0.780 bits per heavy atom. The number of hydrogen-bond acceptors (Lipinski definition) is 7. The van der Waals surface area contributed by atoms with Gasteiger partial charge >= 0.3 is 0 Å². The van der Waals surface area contributed by atoms with Crippen molar-refractivity contribution in [3.05, 3.63) is 0 Å². The Bertz CT molecular complexity index is 839. The molecule has 6 unspecified atom stereocenters. The number of hydrogen-bond donors (Lipinski definition) is 3. The van der Waals surface area contributed by atoms with Crippen molar-refractivity contribution in [1.29, 1.82) is 0 Å². The Kier molecular flexibility index (Phi) is 16.6. The third-order valence-electron chi connectivity index (χ3n) is 8.35. The number of rotatable bonds is 22. The van der Waals surface area contributed by atoms with E-state index in [0.717, 1.165) is 24.9 Å². The fourth-order valence-electron chi connectivity index (χ4n) is 5.93. The minimum atomic E-state index is -4.29. The van der Waals surface area contributed by atoms with Crippen LogP contribution in [0.1, 0.15) is 129 Å². The van der Waals surface area contributed by atoms with Crippen molar-refractivity contribution in [2.75, 3.05) is 19.0 Å². The largest absolute Gasteiger partial charge is 0.392 e. The Hall–Kier alpha value is -0.290. The van der Waals surface area contributed by atoms with E-state index in [2.05, 4.69) is 83.1 Å². The molecular formula is C32H67NO7S. The summed E-state index contributed by atoms with van der Waals surface area (Å²) in [7, 11) is -4.29. The molecule has 0 aromatic carbocycles. The molecule has 248 valence electrons. The second kappa shape index (κ2) is 16.7. The molecule has 8 nitrogen and oxygen atoms in total. The van der Waals surface area contributed by atoms with Gasteiger partial charge in [-0.3, -0.25) is 4.55 Å². The van der Waals surface area contributed by atoms with Crippen LogP contribution in [0.25, 0.3) is 0 Å². The van der Waals surface area contributed by atoms with Crippen LogP contribution >= 0.6 is 0 Å². The van der Waals surface area contributed by atoms with E-state index in [-0.39, 0.29) is 23.5 Å². The van der Waals surface area contributed by atoms with Gasteiger partial charge < -0.3 is 25.1 Å². The van der Waals surface area contributed by atoms with E-state index >= 15 is 0 Å². The molecule has 0 rings (SSSR count). The first-order valence-electron chi connectivity index (χ1n) is 15.6. The number of aliphatic hydroxyl groups excluding tert-OH is 1. The van der Waals surface area contributed by atoms with E-state index in [1.165, 1.54) is 19.3 Å². The van der Waals surface area contributed by atoms with E-state index < -0.39 is 33.3 Å². The highest BCUT2D eigenvalue weighted by atomic mass is 32.2. The van der Waals surface area contributed by atoms with Gasteiger partial charge in [0.25, 0.3) is 10.1 Å². The standard InChI is InChI=1S/C32H67NO7S/c1-23(2)16-24(3)17-25(4)18-26(5)21-39-30(9,10)19-27(6)40-31(11,12)29(7,8)14-15-38-32(13,33)20-28(34)22-41(35,36)37/h23-28,34H,14-22,33H2,1-13H3,(H,35,36,37). The Labute approximate surface area is 253 Å². The van der Waals surface area contributed by atoms with Crippen LogP contribution < -0.4 is 5.73 Å². The van der Waals surface area contributed by atoms with E-state index in [1.807, 2.05) is 0 Å². The van der Waals surface area contributed by atoms with Gasteiger partial charge in [0.2, 0.25) is 0 Å². The number of nitrogens with two attached hydrogens (primary N) is 1. The van der Waals surface area contributed by atoms with Crippen LogP contribution in [-0.2, 0) is 24.3 Å². The van der Waals surface area contributed by atoms with Gasteiger partial charge in [-0.2, -0.15) is 8.42 Å². The molecule has 4 N–H and O–H groups in total. The van der Waals surface area contributed by atoms with Crippen molar-refractivity contribution in [3.63, 3.8) is 0 Å². The molecule has 0 aliphatic carbocycles. The highest BCUT2D eigenvalue weighted by Crippen LogP contribution is 2.39. The molecule has 9 heteroatoms. The molecule has 0 aliphatic heterocycles. The number of ether oxygens (including phenoxy) is 3. The van der Waals surface area contributed by atoms with E-state index in [4.69, 9.17) is 24.5 Å². The van der Waals surface area contributed by atoms with Crippen molar-refractivity contribution in [1.82, 2.24) is 0 Å². The average Bonchev–Trinajstić information content (AvgIpc) is 2.68. The predicted octanol–water partition coefficient (Wildman–Crippen LogP) is 6.84. The summed E-state index contributed by atoms with van der Waals surface area (Å²) in [6, 6.07) is 0. The van der Waals surface area contributed by atoms with Gasteiger partial charge in [-0.25, -0.2) is 0 Å². The first-order chi connectivity index (χ1) is 18.3. The van der Waals surface area contributed by atoms with Crippen LogP contribution in [0.4, 0.5) is 0 Å². The maximum atomic E-state index is 11.0. The molecular weight excluding hydrogens is 542 g/mol. The third-order valence-corrected chi connectivity index (χ3v) is 9.16. The van der Waals surface area contributed by atoms with Crippen molar-refractivity contribution >= 4 is 10.1 Å². The molecule has 0 heterocycles. The van der Waals surface area contributed by atoms with Crippen LogP contribution in [0.15, 0.2) is 0 Å². The maximum absolute atomic E-state index is 11.0. The van der Waals surface area contributed by atoms with Gasteiger partial charge in [-0.1, -0.05) is 48.5 Å². The van der Waals surface area contributed by atoms with Gasteiger partial charge in [0, 0.05) is 26.1 Å². The summed E-state index contributed by atoms with van der Waals surface area (Å²) in [5.74, 6) is 1.94. The lowest BCUT2D eigenvalue weighted by molar-refractivity contribution is -0.162. The molecule has 41 heavy (non-hydrogen) atoms. The molecule has 0 radical (unpaired) electrons. The summed E-state index contributed by atoms with van der Waals surface area (Å²) < 4.78 is 49.8. The SMILES string of the molecule is CC(C)CC(C)CC(C)CC(C)COC(C)(C)CC(C)OC(C)(C)C(C)(C)CCOC(C)(N)CC(O)CS(=O)(=O)O. The molecule has 0 saturated carbocycles. The number of aliphatic hydroxyl groups is 1. The second-order valence-electron chi connectivity index (χ2n) is 15.5. The highest BCUT2D eigenvalue weighted by Gasteiger charge is 2.40. The van der Waals surface area contributed by atoms with Crippen LogP contribution in [0.5, 0.6) is 0 Å². The predicted molar refractivity (Wildman–Crippen MR) is 169 cm³/mol. The topological polar surface area (TPSA) is 128 Å². The van der Waals surface area contributed by atoms with E-state index in [0.29, 0.717) is 24.9 Å². The fourth-order valence-corrected chi connectivity index (χ4v) is 6.54. The Balaban J connectivity index is 4.77. The van der Waals surface area contributed by atoms with Crippen LogP contribution in [0.2, 0.25) is 0 Å². The van der Waals surface area contributed by atoms with Crippen LogP contribution in [0.3, 0.4) is 0 Å². The van der Waals surface area contributed by atoms with E-state index in [9.17, 15) is 13.5 Å². The molecule has 0 amide bonds. The monoisotopic (exact) mass is 609 g/mol. The lowest BCUT2D eigenvalue weighted by atomic mass is 9.74. The fraction of sp³-hybridized carbons (Fsp3) is 1.00. The second-order valence-corrected chi connectivity index (χ2v) is 17.0. The van der Waals surface area contributed by atoms with Gasteiger partial charge in [0.05, 0.1) is 23.4 Å². The lowest BCUT2D eigenvalue weighted by Gasteiger charge is -2.44. The van der Waals surface area contributed by atoms with E-state index in [1.54, 1.807) is 6.92 Å².